The van der Waals surface area contributed by atoms with E-state index in [1.807, 2.05) is 0 Å². The van der Waals surface area contributed by atoms with E-state index in [1.165, 1.54) is 4.88 Å². The minimum Gasteiger partial charge on any atom is -0.369 e. The summed E-state index contributed by atoms with van der Waals surface area (Å²) in [4.78, 5) is 10.9. The van der Waals surface area contributed by atoms with Crippen LogP contribution >= 0.6 is 11.3 Å². The van der Waals surface area contributed by atoms with Crippen LogP contribution in [0.25, 0.3) is 10.2 Å². The average molecular weight is 250 g/mol. The quantitative estimate of drug-likeness (QED) is 0.773. The molecule has 2 aromatic rings. The van der Waals surface area contributed by atoms with E-state index in [4.69, 9.17) is 0 Å². The van der Waals surface area contributed by atoms with Crippen LogP contribution in [0.2, 0.25) is 0 Å². The third-order valence-electron chi connectivity index (χ3n) is 2.53. The molecular formula is C12H18N4S. The minimum absolute atomic E-state index is 0.938. The number of aryl methyl sites for hydroxylation is 1. The minimum atomic E-state index is 0.938. The zero-order chi connectivity index (χ0) is 12.1. The van der Waals surface area contributed by atoms with Crippen molar-refractivity contribution in [2.45, 2.75) is 20.3 Å². The van der Waals surface area contributed by atoms with Crippen molar-refractivity contribution in [3.63, 3.8) is 0 Å². The molecule has 0 aliphatic rings. The summed E-state index contributed by atoms with van der Waals surface area (Å²) in [6, 6.07) is 2.15. The van der Waals surface area contributed by atoms with Gasteiger partial charge in [-0.1, -0.05) is 6.92 Å². The summed E-state index contributed by atoms with van der Waals surface area (Å²) < 4.78 is 0. The summed E-state index contributed by atoms with van der Waals surface area (Å²) in [5.41, 5.74) is 0. The molecule has 0 radical (unpaired) electrons. The smallest absolute Gasteiger partial charge is 0.138 e. The highest BCUT2D eigenvalue weighted by molar-refractivity contribution is 7.18. The molecular weight excluding hydrogens is 232 g/mol. The van der Waals surface area contributed by atoms with Crippen LogP contribution in [0.1, 0.15) is 18.2 Å². The predicted molar refractivity (Wildman–Crippen MR) is 73.8 cm³/mol. The fraction of sp³-hybridized carbons (Fsp3) is 0.500. The molecule has 0 unspecified atom stereocenters. The topological polar surface area (TPSA) is 49.8 Å². The number of thiophene rings is 1. The maximum Gasteiger partial charge on any atom is 0.138 e. The number of nitrogens with zero attached hydrogens (tertiary/aromatic N) is 2. The lowest BCUT2D eigenvalue weighted by atomic mass is 10.3. The summed E-state index contributed by atoms with van der Waals surface area (Å²) >= 11 is 1.71. The van der Waals surface area contributed by atoms with Crippen LogP contribution < -0.4 is 10.6 Å². The Kier molecular flexibility index (Phi) is 4.28. The first-order valence-electron chi connectivity index (χ1n) is 5.97. The van der Waals surface area contributed by atoms with Gasteiger partial charge in [-0.2, -0.15) is 0 Å². The first-order valence-corrected chi connectivity index (χ1v) is 6.78. The van der Waals surface area contributed by atoms with Crippen LogP contribution in [-0.4, -0.2) is 29.6 Å². The van der Waals surface area contributed by atoms with E-state index in [1.54, 1.807) is 17.7 Å². The zero-order valence-corrected chi connectivity index (χ0v) is 11.1. The maximum atomic E-state index is 4.30. The van der Waals surface area contributed by atoms with E-state index in [2.05, 4.69) is 40.5 Å². The van der Waals surface area contributed by atoms with Gasteiger partial charge in [-0.15, -0.1) is 11.3 Å². The molecule has 0 fully saturated rings. The van der Waals surface area contributed by atoms with E-state index < -0.39 is 0 Å². The molecule has 2 aromatic heterocycles. The van der Waals surface area contributed by atoms with Crippen molar-refractivity contribution in [1.82, 2.24) is 15.3 Å². The summed E-state index contributed by atoms with van der Waals surface area (Å²) in [5, 5.41) is 7.82. The monoisotopic (exact) mass is 250 g/mol. The Morgan fingerprint density at radius 3 is 3.00 bits per heavy atom. The van der Waals surface area contributed by atoms with E-state index in [9.17, 15) is 0 Å². The standard InChI is InChI=1S/C12H18N4S/c1-3-13-5-4-6-14-11-10-7-9(2)17-12(10)16-8-15-11/h7-8,13H,3-6H2,1-2H3,(H,14,15,16). The third kappa shape index (κ3) is 3.14. The molecule has 0 saturated heterocycles. The molecule has 2 N–H and O–H groups in total. The van der Waals surface area contributed by atoms with Crippen molar-refractivity contribution in [3.8, 4) is 0 Å². The Bertz CT molecular complexity index is 480. The van der Waals surface area contributed by atoms with E-state index in [-0.39, 0.29) is 0 Å². The van der Waals surface area contributed by atoms with Gasteiger partial charge in [0.25, 0.3) is 0 Å². The van der Waals surface area contributed by atoms with Crippen LogP contribution in [0.4, 0.5) is 5.82 Å². The average Bonchev–Trinajstić information content (AvgIpc) is 2.70. The van der Waals surface area contributed by atoms with Gasteiger partial charge in [0.1, 0.15) is 17.0 Å². The second-order valence-corrected chi connectivity index (χ2v) is 5.17. The Balaban J connectivity index is 1.98. The van der Waals surface area contributed by atoms with Crippen LogP contribution in [0.5, 0.6) is 0 Å². The first-order chi connectivity index (χ1) is 8.31. The molecule has 0 saturated carbocycles. The molecule has 0 atom stereocenters. The molecule has 92 valence electrons. The molecule has 0 aliphatic carbocycles. The summed E-state index contributed by atoms with van der Waals surface area (Å²) in [6.07, 6.45) is 2.73. The SMILES string of the molecule is CCNCCCNc1ncnc2sc(C)cc12. The lowest BCUT2D eigenvalue weighted by Gasteiger charge is -2.06. The molecule has 2 heterocycles. The van der Waals surface area contributed by atoms with Crippen LogP contribution in [0.3, 0.4) is 0 Å². The first kappa shape index (κ1) is 12.3. The highest BCUT2D eigenvalue weighted by atomic mass is 32.1. The molecule has 0 spiro atoms. The Hall–Kier alpha value is -1.20. The van der Waals surface area contributed by atoms with Gasteiger partial charge >= 0.3 is 0 Å². The normalized spacial score (nSPS) is 10.9. The molecule has 17 heavy (non-hydrogen) atoms. The van der Waals surface area contributed by atoms with E-state index >= 15 is 0 Å². The van der Waals surface area contributed by atoms with Crippen molar-refractivity contribution < 1.29 is 0 Å². The fourth-order valence-electron chi connectivity index (χ4n) is 1.71. The molecule has 0 aliphatic heterocycles. The van der Waals surface area contributed by atoms with Gasteiger partial charge in [-0.25, -0.2) is 9.97 Å². The van der Waals surface area contributed by atoms with E-state index in [0.29, 0.717) is 0 Å². The number of aromatic nitrogens is 2. The number of fused-ring (bicyclic) bond motifs is 1. The molecule has 4 nitrogen and oxygen atoms in total. The number of anilines is 1. The van der Waals surface area contributed by atoms with Gasteiger partial charge in [0.15, 0.2) is 0 Å². The Morgan fingerprint density at radius 2 is 2.18 bits per heavy atom. The summed E-state index contributed by atoms with van der Waals surface area (Å²) in [7, 11) is 0. The lowest BCUT2D eigenvalue weighted by Crippen LogP contribution is -2.17. The molecule has 0 bridgehead atoms. The number of hydrogen-bond acceptors (Lipinski definition) is 5. The van der Waals surface area contributed by atoms with Crippen molar-refractivity contribution in [2.24, 2.45) is 0 Å². The number of nitrogens with one attached hydrogen (secondary N) is 2. The highest BCUT2D eigenvalue weighted by Crippen LogP contribution is 2.27. The summed E-state index contributed by atoms with van der Waals surface area (Å²) in [5.74, 6) is 0.954. The molecule has 0 amide bonds. The lowest BCUT2D eigenvalue weighted by molar-refractivity contribution is 0.688. The largest absolute Gasteiger partial charge is 0.369 e. The van der Waals surface area contributed by atoms with Crippen molar-refractivity contribution in [3.05, 3.63) is 17.3 Å². The molecule has 5 heteroatoms. The zero-order valence-electron chi connectivity index (χ0n) is 10.3. The Labute approximate surface area is 105 Å². The van der Waals surface area contributed by atoms with Crippen LogP contribution in [0, 0.1) is 6.92 Å². The van der Waals surface area contributed by atoms with Crippen molar-refractivity contribution in [2.75, 3.05) is 25.0 Å². The Morgan fingerprint density at radius 1 is 1.29 bits per heavy atom. The van der Waals surface area contributed by atoms with Gasteiger partial charge in [0, 0.05) is 11.4 Å². The second-order valence-electron chi connectivity index (χ2n) is 3.93. The van der Waals surface area contributed by atoms with Crippen molar-refractivity contribution >= 4 is 27.4 Å². The number of rotatable bonds is 6. The fourth-order valence-corrected chi connectivity index (χ4v) is 2.56. The van der Waals surface area contributed by atoms with Crippen LogP contribution in [-0.2, 0) is 0 Å². The van der Waals surface area contributed by atoms with Gasteiger partial charge in [0.05, 0.1) is 5.39 Å². The van der Waals surface area contributed by atoms with Gasteiger partial charge in [-0.05, 0) is 32.5 Å². The number of hydrogen-bond donors (Lipinski definition) is 2. The third-order valence-corrected chi connectivity index (χ3v) is 3.48. The second kappa shape index (κ2) is 5.93. The van der Waals surface area contributed by atoms with Crippen molar-refractivity contribution in [1.29, 1.82) is 0 Å². The molecule has 2 rings (SSSR count). The van der Waals surface area contributed by atoms with Gasteiger partial charge in [-0.3, -0.25) is 0 Å². The van der Waals surface area contributed by atoms with Gasteiger partial charge in [0.2, 0.25) is 0 Å². The highest BCUT2D eigenvalue weighted by Gasteiger charge is 2.05. The predicted octanol–water partition coefficient (Wildman–Crippen LogP) is 2.41. The maximum absolute atomic E-state index is 4.30. The molecule has 0 aromatic carbocycles. The summed E-state index contributed by atoms with van der Waals surface area (Å²) in [6.45, 7) is 7.23. The van der Waals surface area contributed by atoms with Gasteiger partial charge < -0.3 is 10.6 Å². The van der Waals surface area contributed by atoms with E-state index in [0.717, 1.165) is 42.1 Å². The van der Waals surface area contributed by atoms with Crippen LogP contribution in [0.15, 0.2) is 12.4 Å².